The summed E-state index contributed by atoms with van der Waals surface area (Å²) in [7, 11) is 0. The average Bonchev–Trinajstić information content (AvgIpc) is 2.01. The van der Waals surface area contributed by atoms with E-state index in [9.17, 15) is 17.6 Å². The normalized spacial score (nSPS) is 10.9. The Labute approximate surface area is 136 Å². The molecule has 0 N–H and O–H groups in total. The van der Waals surface area contributed by atoms with E-state index in [0.29, 0.717) is 0 Å². The largest absolute Gasteiger partial charge is 1.00 e. The van der Waals surface area contributed by atoms with Crippen molar-refractivity contribution in [1.82, 2.24) is 0 Å². The van der Waals surface area contributed by atoms with Gasteiger partial charge in [0.2, 0.25) is 0 Å². The predicted molar refractivity (Wildman–Crippen MR) is 42.9 cm³/mol. The van der Waals surface area contributed by atoms with Crippen molar-refractivity contribution in [2.45, 2.75) is 11.5 Å². The summed E-state index contributed by atoms with van der Waals surface area (Å²) in [6.07, 6.45) is -4.66. The van der Waals surface area contributed by atoms with Gasteiger partial charge < -0.3 is 0 Å². The first-order valence-corrected chi connectivity index (χ1v) is 4.41. The van der Waals surface area contributed by atoms with Gasteiger partial charge in [-0.2, -0.15) is 25.3 Å². The number of rotatable bonds is 1. The van der Waals surface area contributed by atoms with Crippen LogP contribution in [0.4, 0.5) is 17.6 Å². The second-order valence-electron chi connectivity index (χ2n) is 2.32. The third-order valence-electron chi connectivity index (χ3n) is 1.46. The summed E-state index contributed by atoms with van der Waals surface area (Å²) >= 11 is 2.85. The Morgan fingerprint density at radius 1 is 1.36 bits per heavy atom. The maximum atomic E-state index is 12.7. The van der Waals surface area contributed by atoms with Crippen molar-refractivity contribution >= 4 is 15.9 Å². The number of halogens is 5. The van der Waals surface area contributed by atoms with Crippen molar-refractivity contribution in [2.75, 3.05) is 0 Å². The summed E-state index contributed by atoms with van der Waals surface area (Å²) in [5.74, 6) is -1.36. The van der Waals surface area contributed by atoms with Crippen molar-refractivity contribution in [1.29, 1.82) is 0 Å². The quantitative estimate of drug-likeness (QED) is 0.397. The van der Waals surface area contributed by atoms with E-state index >= 15 is 0 Å². The van der Waals surface area contributed by atoms with Crippen LogP contribution in [0.15, 0.2) is 12.1 Å². The van der Waals surface area contributed by atoms with Gasteiger partial charge >= 0.3 is 64.4 Å². The molecule has 1 rings (SSSR count). The van der Waals surface area contributed by atoms with Gasteiger partial charge in [0.1, 0.15) is 0 Å². The van der Waals surface area contributed by atoms with Gasteiger partial charge in [-0.1, -0.05) is 15.9 Å². The fraction of sp³-hybridized carbons (Fsp3) is 0.250. The second kappa shape index (κ2) is 6.08. The molecule has 0 saturated carbocycles. The maximum absolute atomic E-state index is 12.7. The van der Waals surface area contributed by atoms with Gasteiger partial charge in [0.25, 0.3) is 0 Å². The van der Waals surface area contributed by atoms with Gasteiger partial charge in [0.05, 0.1) is 0 Å². The first-order valence-electron chi connectivity index (χ1n) is 3.29. The minimum Gasteiger partial charge on any atom is -0.236 e. The molecule has 6 heteroatoms. The van der Waals surface area contributed by atoms with Crippen LogP contribution in [-0.4, -0.2) is 0 Å². The minimum atomic E-state index is -4.66. The van der Waals surface area contributed by atoms with Gasteiger partial charge in [0.15, 0.2) is 0 Å². The molecule has 0 heterocycles. The Hall–Kier alpha value is 1.23. The van der Waals surface area contributed by atoms with Crippen molar-refractivity contribution in [3.8, 4) is 0 Å². The van der Waals surface area contributed by atoms with Crippen molar-refractivity contribution < 1.29 is 75.7 Å². The Bertz CT molecular complexity index is 311. The molecule has 0 radical (unpaired) electrons. The second-order valence-corrected chi connectivity index (χ2v) is 2.88. The van der Waals surface area contributed by atoms with E-state index in [0.717, 1.165) is 6.07 Å². The standard InChI is InChI=1S/C8H4BrF4.Rb/c9-4-5-2-1-3-6(10)7(5)8(11,12)13;/h1-2H,4H2;/q-1;+1. The molecule has 72 valence electrons. The van der Waals surface area contributed by atoms with Crippen LogP contribution in [0.5, 0.6) is 0 Å². The summed E-state index contributed by atoms with van der Waals surface area (Å²) in [4.78, 5) is 0. The molecule has 0 aliphatic carbocycles. The third kappa shape index (κ3) is 3.66. The zero-order chi connectivity index (χ0) is 10.1. The van der Waals surface area contributed by atoms with Gasteiger partial charge in [-0.05, 0) is 5.56 Å². The molecule has 0 unspecified atom stereocenters. The molecule has 1 aromatic rings. The van der Waals surface area contributed by atoms with Gasteiger partial charge in [-0.15, -0.1) is 11.6 Å². The van der Waals surface area contributed by atoms with E-state index in [1.807, 2.05) is 6.07 Å². The number of benzene rings is 1. The van der Waals surface area contributed by atoms with Crippen LogP contribution >= 0.6 is 15.9 Å². The SMILES string of the molecule is Fc1[c-]ccc(CBr)c1C(F)(F)F.[Rb+]. The molecule has 0 aromatic heterocycles. The molecule has 0 nitrogen and oxygen atoms in total. The molecular formula is C8H4BrF4Rb. The predicted octanol–water partition coefficient (Wildman–Crippen LogP) is 0.544. The zero-order valence-electron chi connectivity index (χ0n) is 7.25. The molecule has 0 bridgehead atoms. The third-order valence-corrected chi connectivity index (χ3v) is 2.07. The number of hydrogen-bond donors (Lipinski definition) is 0. The van der Waals surface area contributed by atoms with E-state index < -0.39 is 17.6 Å². The van der Waals surface area contributed by atoms with Crippen LogP contribution in [-0.2, 0) is 11.5 Å². The van der Waals surface area contributed by atoms with Gasteiger partial charge in [-0.3, -0.25) is 0 Å². The van der Waals surface area contributed by atoms with Crippen LogP contribution < -0.4 is 58.2 Å². The first kappa shape index (κ1) is 15.2. The average molecular weight is 341 g/mol. The van der Waals surface area contributed by atoms with E-state index in [4.69, 9.17) is 0 Å². The molecular weight excluding hydrogens is 337 g/mol. The first-order chi connectivity index (χ1) is 5.96. The van der Waals surface area contributed by atoms with Crippen molar-refractivity contribution in [2.24, 2.45) is 0 Å². The minimum absolute atomic E-state index is 0. The van der Waals surface area contributed by atoms with E-state index in [-0.39, 0.29) is 69.1 Å². The van der Waals surface area contributed by atoms with Crippen LogP contribution in [0.3, 0.4) is 0 Å². The summed E-state index contributed by atoms with van der Waals surface area (Å²) in [5.41, 5.74) is -1.37. The Balaban J connectivity index is 0.00000169. The van der Waals surface area contributed by atoms with Gasteiger partial charge in [-0.25, -0.2) is 4.39 Å². The summed E-state index contributed by atoms with van der Waals surface area (Å²) in [6, 6.07) is 4.18. The summed E-state index contributed by atoms with van der Waals surface area (Å²) in [5, 5.41) is -0.0343. The molecule has 0 fully saturated rings. The van der Waals surface area contributed by atoms with E-state index in [2.05, 4.69) is 15.9 Å². The molecule has 0 spiro atoms. The van der Waals surface area contributed by atoms with Crippen molar-refractivity contribution in [3.05, 3.63) is 35.1 Å². The molecule has 14 heavy (non-hydrogen) atoms. The fourth-order valence-corrected chi connectivity index (χ4v) is 1.40. The summed E-state index contributed by atoms with van der Waals surface area (Å²) in [6.45, 7) is 0. The van der Waals surface area contributed by atoms with Crippen LogP contribution in [0.2, 0.25) is 0 Å². The maximum Gasteiger partial charge on any atom is 1.00 e. The van der Waals surface area contributed by atoms with E-state index in [1.165, 1.54) is 6.07 Å². The molecule has 0 amide bonds. The van der Waals surface area contributed by atoms with Crippen LogP contribution in [0.25, 0.3) is 0 Å². The van der Waals surface area contributed by atoms with Crippen LogP contribution in [0, 0.1) is 11.9 Å². The molecule has 0 aliphatic rings. The number of hydrogen-bond acceptors (Lipinski definition) is 0. The Kier molecular flexibility index (Phi) is 6.61. The van der Waals surface area contributed by atoms with Gasteiger partial charge in [0, 0.05) is 11.1 Å². The number of alkyl halides is 4. The molecule has 1 aromatic carbocycles. The molecule has 0 aliphatic heterocycles. The van der Waals surface area contributed by atoms with Crippen molar-refractivity contribution in [3.63, 3.8) is 0 Å². The monoisotopic (exact) mass is 340 g/mol. The smallest absolute Gasteiger partial charge is 0.236 e. The molecule has 0 atom stereocenters. The van der Waals surface area contributed by atoms with E-state index in [1.54, 1.807) is 0 Å². The fourth-order valence-electron chi connectivity index (χ4n) is 0.930. The Morgan fingerprint density at radius 2 is 1.93 bits per heavy atom. The molecule has 0 saturated heterocycles. The topological polar surface area (TPSA) is 0 Å². The zero-order valence-corrected chi connectivity index (χ0v) is 13.8. The Morgan fingerprint density at radius 3 is 2.29 bits per heavy atom. The van der Waals surface area contributed by atoms with Crippen LogP contribution in [0.1, 0.15) is 11.1 Å². The summed E-state index contributed by atoms with van der Waals surface area (Å²) < 4.78 is 49.4.